The normalized spacial score (nSPS) is 21.0. The number of allylic oxidation sites excluding steroid dienone is 3. The van der Waals surface area contributed by atoms with E-state index in [-0.39, 0.29) is 43.4 Å². The molecular formula is C31H44F3N3O2. The molecule has 1 unspecified atom stereocenters. The molecule has 0 aliphatic heterocycles. The molecule has 216 valence electrons. The predicted molar refractivity (Wildman–Crippen MR) is 153 cm³/mol. The van der Waals surface area contributed by atoms with Crippen LogP contribution in [0.5, 0.6) is 0 Å². The first-order valence-electron chi connectivity index (χ1n) is 13.9. The molecule has 0 spiro atoms. The Labute approximate surface area is 231 Å². The summed E-state index contributed by atoms with van der Waals surface area (Å²) in [6.45, 7) is 12.5. The molecule has 1 amide bonds. The van der Waals surface area contributed by atoms with Gasteiger partial charge in [-0.15, -0.1) is 0 Å². The molecule has 1 fully saturated rings. The average molecular weight is 548 g/mol. The largest absolute Gasteiger partial charge is 0.357 e. The van der Waals surface area contributed by atoms with E-state index >= 15 is 0 Å². The van der Waals surface area contributed by atoms with Crippen LogP contribution in [0.4, 0.5) is 18.9 Å². The Morgan fingerprint density at radius 3 is 2.46 bits per heavy atom. The summed E-state index contributed by atoms with van der Waals surface area (Å²) in [5, 5.41) is 3.03. The second-order valence-electron chi connectivity index (χ2n) is 10.4. The molecule has 1 aromatic rings. The minimum Gasteiger partial charge on any atom is -0.357 e. The third kappa shape index (κ3) is 8.56. The Bertz CT molecular complexity index is 1030. The first kappa shape index (κ1) is 32.3. The zero-order chi connectivity index (χ0) is 29.1. The van der Waals surface area contributed by atoms with Gasteiger partial charge in [-0.25, -0.2) is 13.2 Å². The van der Waals surface area contributed by atoms with Gasteiger partial charge in [0.2, 0.25) is 5.92 Å². The maximum atomic E-state index is 13.9. The third-order valence-corrected chi connectivity index (χ3v) is 7.68. The van der Waals surface area contributed by atoms with Crippen molar-refractivity contribution in [1.29, 1.82) is 0 Å². The smallest absolute Gasteiger partial charge is 0.250 e. The predicted octanol–water partition coefficient (Wildman–Crippen LogP) is 6.46. The fourth-order valence-corrected chi connectivity index (χ4v) is 5.37. The van der Waals surface area contributed by atoms with Gasteiger partial charge in [0.05, 0.1) is 6.54 Å². The van der Waals surface area contributed by atoms with Gasteiger partial charge in [-0.3, -0.25) is 9.69 Å². The first-order chi connectivity index (χ1) is 18.5. The van der Waals surface area contributed by atoms with E-state index in [2.05, 4.69) is 30.6 Å². The van der Waals surface area contributed by atoms with E-state index in [4.69, 9.17) is 0 Å². The van der Waals surface area contributed by atoms with Crippen LogP contribution in [0.2, 0.25) is 0 Å². The fraction of sp³-hybridized carbons (Fsp3) is 0.548. The minimum absolute atomic E-state index is 0.219. The van der Waals surface area contributed by atoms with E-state index in [1.807, 2.05) is 17.9 Å². The second kappa shape index (κ2) is 15.1. The summed E-state index contributed by atoms with van der Waals surface area (Å²) in [7, 11) is 1.78. The van der Waals surface area contributed by atoms with E-state index in [9.17, 15) is 22.8 Å². The third-order valence-electron chi connectivity index (χ3n) is 7.68. The Morgan fingerprint density at radius 1 is 1.21 bits per heavy atom. The number of likely N-dealkylation sites (N-methyl/N-ethyl adjacent to an activating group) is 2. The lowest BCUT2D eigenvalue weighted by Gasteiger charge is -2.42. The van der Waals surface area contributed by atoms with Crippen LogP contribution in [-0.4, -0.2) is 61.3 Å². The maximum absolute atomic E-state index is 13.9. The highest BCUT2D eigenvalue weighted by atomic mass is 19.3. The second-order valence-corrected chi connectivity index (χ2v) is 10.4. The van der Waals surface area contributed by atoms with Crippen LogP contribution in [0.3, 0.4) is 0 Å². The molecule has 8 heteroatoms. The summed E-state index contributed by atoms with van der Waals surface area (Å²) in [6.07, 6.45) is 8.69. The number of halogens is 3. The molecule has 2 aliphatic carbocycles. The van der Waals surface area contributed by atoms with Gasteiger partial charge in [-0.1, -0.05) is 50.3 Å². The quantitative estimate of drug-likeness (QED) is 0.255. The number of alkyl halides is 2. The topological polar surface area (TPSA) is 52.7 Å². The standard InChI is InChI=1S/C24H29F3N2O.C7H15NO/c1-4-5-9-21-17(2)10-15-24(21,29(3)20-8-6-7-18(25)16-20)22(30)28-19-11-13-23(26,27)14-12-19;1-3-5-8(4-2)6-7-9/h4-9,16,19H,1,10-15H2,2-3H3,(H,28,30);7H,3-6H2,1-2H3/b9-5-;. The molecule has 5 nitrogen and oxygen atoms in total. The Hall–Kier alpha value is -2.87. The van der Waals surface area contributed by atoms with Crippen LogP contribution >= 0.6 is 0 Å². The maximum Gasteiger partial charge on any atom is 0.250 e. The zero-order valence-corrected chi connectivity index (χ0v) is 23.8. The van der Waals surface area contributed by atoms with Crippen LogP contribution in [0, 0.1) is 5.82 Å². The summed E-state index contributed by atoms with van der Waals surface area (Å²) in [5.74, 6) is -3.27. The minimum atomic E-state index is -2.65. The van der Waals surface area contributed by atoms with Gasteiger partial charge in [0, 0.05) is 31.6 Å². The molecule has 1 atom stereocenters. The fourth-order valence-electron chi connectivity index (χ4n) is 5.37. The van der Waals surface area contributed by atoms with Crippen molar-refractivity contribution in [1.82, 2.24) is 10.2 Å². The molecule has 0 heterocycles. The van der Waals surface area contributed by atoms with Gasteiger partial charge in [-0.2, -0.15) is 0 Å². The van der Waals surface area contributed by atoms with Crippen LogP contribution in [0.15, 0.2) is 60.2 Å². The monoisotopic (exact) mass is 547 g/mol. The number of amides is 1. The van der Waals surface area contributed by atoms with Gasteiger partial charge >= 0.3 is 0 Å². The van der Waals surface area contributed by atoms with Crippen molar-refractivity contribution in [2.75, 3.05) is 31.6 Å². The van der Waals surface area contributed by atoms with E-state index in [0.29, 0.717) is 25.1 Å². The number of hydrogen-bond acceptors (Lipinski definition) is 4. The number of aldehydes is 1. The van der Waals surface area contributed by atoms with Gasteiger partial charge in [0.15, 0.2) is 0 Å². The number of nitrogens with one attached hydrogen (secondary N) is 1. The van der Waals surface area contributed by atoms with Crippen LogP contribution in [-0.2, 0) is 9.59 Å². The summed E-state index contributed by atoms with van der Waals surface area (Å²) in [6, 6.07) is 5.85. The van der Waals surface area contributed by atoms with Gasteiger partial charge in [0.25, 0.3) is 5.91 Å². The molecule has 0 bridgehead atoms. The number of carbonyl (C=O) groups is 2. The number of carbonyl (C=O) groups excluding carboxylic acids is 2. The SMILES string of the molecule is C=C/C=C\C1=C(C)CCC1(C(=O)NC1CCC(F)(F)CC1)N(C)c1cccc(F)c1.CCCN(CC)CC=O. The van der Waals surface area contributed by atoms with Crippen molar-refractivity contribution < 1.29 is 22.8 Å². The highest BCUT2D eigenvalue weighted by molar-refractivity contribution is 5.96. The zero-order valence-electron chi connectivity index (χ0n) is 23.8. The van der Waals surface area contributed by atoms with Crippen LogP contribution < -0.4 is 10.2 Å². The van der Waals surface area contributed by atoms with Crippen LogP contribution in [0.1, 0.15) is 65.7 Å². The molecule has 2 aliphatic rings. The van der Waals surface area contributed by atoms with Gasteiger partial charge < -0.3 is 15.0 Å². The molecule has 39 heavy (non-hydrogen) atoms. The van der Waals surface area contributed by atoms with Crippen molar-refractivity contribution in [3.63, 3.8) is 0 Å². The number of anilines is 1. The lowest BCUT2D eigenvalue weighted by molar-refractivity contribution is -0.127. The number of benzene rings is 1. The molecule has 1 N–H and O–H groups in total. The Morgan fingerprint density at radius 2 is 1.90 bits per heavy atom. The first-order valence-corrected chi connectivity index (χ1v) is 13.9. The van der Waals surface area contributed by atoms with E-state index in [1.54, 1.807) is 31.3 Å². The number of hydrogen-bond donors (Lipinski definition) is 1. The van der Waals surface area contributed by atoms with E-state index < -0.39 is 11.5 Å². The van der Waals surface area contributed by atoms with Crippen molar-refractivity contribution in [2.45, 2.75) is 83.2 Å². The van der Waals surface area contributed by atoms with Crippen molar-refractivity contribution in [3.05, 3.63) is 66.0 Å². The van der Waals surface area contributed by atoms with Gasteiger partial charge in [-0.05, 0) is 75.9 Å². The van der Waals surface area contributed by atoms with Crippen molar-refractivity contribution >= 4 is 17.9 Å². The van der Waals surface area contributed by atoms with Crippen molar-refractivity contribution in [3.8, 4) is 0 Å². The number of nitrogens with zero attached hydrogens (tertiary/aromatic N) is 2. The number of rotatable bonds is 11. The molecule has 0 aromatic heterocycles. The average Bonchev–Trinajstić information content (AvgIpc) is 3.25. The summed E-state index contributed by atoms with van der Waals surface area (Å²) in [4.78, 5) is 27.6. The lowest BCUT2D eigenvalue weighted by Crippen LogP contribution is -2.59. The molecule has 0 saturated heterocycles. The molecule has 0 radical (unpaired) electrons. The van der Waals surface area contributed by atoms with E-state index in [1.165, 1.54) is 12.1 Å². The summed E-state index contributed by atoms with van der Waals surface area (Å²) < 4.78 is 41.0. The highest BCUT2D eigenvalue weighted by Gasteiger charge is 2.49. The lowest BCUT2D eigenvalue weighted by atomic mass is 9.85. The molecular weight excluding hydrogens is 503 g/mol. The van der Waals surface area contributed by atoms with Crippen molar-refractivity contribution in [2.24, 2.45) is 0 Å². The van der Waals surface area contributed by atoms with Gasteiger partial charge in [0.1, 0.15) is 17.6 Å². The molecule has 1 aromatic carbocycles. The highest BCUT2D eigenvalue weighted by Crippen LogP contribution is 2.43. The van der Waals surface area contributed by atoms with E-state index in [0.717, 1.165) is 36.9 Å². The summed E-state index contributed by atoms with van der Waals surface area (Å²) in [5.41, 5.74) is 1.45. The van der Waals surface area contributed by atoms with Crippen LogP contribution in [0.25, 0.3) is 0 Å². The Kier molecular flexibility index (Phi) is 12.5. The molecule has 1 saturated carbocycles. The molecule has 3 rings (SSSR count). The Balaban J connectivity index is 0.000000510. The summed E-state index contributed by atoms with van der Waals surface area (Å²) >= 11 is 0.